The van der Waals surface area contributed by atoms with Gasteiger partial charge in [-0.15, -0.1) is 0 Å². The van der Waals surface area contributed by atoms with Crippen molar-refractivity contribution in [1.82, 2.24) is 0 Å². The van der Waals surface area contributed by atoms with Gasteiger partial charge in [-0.25, -0.2) is 0 Å². The van der Waals surface area contributed by atoms with E-state index in [0.29, 0.717) is 0 Å². The highest BCUT2D eigenvalue weighted by atomic mass is 14.5. The van der Waals surface area contributed by atoms with Gasteiger partial charge in [0.1, 0.15) is 0 Å². The third-order valence-corrected chi connectivity index (χ3v) is 2.69. The largest absolute Gasteiger partial charge is 0.399 e. The van der Waals surface area contributed by atoms with Crippen LogP contribution in [0.5, 0.6) is 0 Å². The molecule has 0 bridgehead atoms. The summed E-state index contributed by atoms with van der Waals surface area (Å²) in [6, 6.07) is 15.7. The highest BCUT2D eigenvalue weighted by Gasteiger charge is 1.96. The van der Waals surface area contributed by atoms with Crippen molar-refractivity contribution in [3.8, 4) is 0 Å². The van der Waals surface area contributed by atoms with Gasteiger partial charge in [-0.3, -0.25) is 0 Å². The summed E-state index contributed by atoms with van der Waals surface area (Å²) in [7, 11) is 0. The minimum Gasteiger partial charge on any atom is -0.399 e. The van der Waals surface area contributed by atoms with E-state index in [1.165, 1.54) is 11.1 Å². The van der Waals surface area contributed by atoms with Gasteiger partial charge in [-0.2, -0.15) is 0 Å². The predicted molar refractivity (Wildman–Crippen MR) is 75.3 cm³/mol. The lowest BCUT2D eigenvalue weighted by atomic mass is 10.0. The van der Waals surface area contributed by atoms with Crippen molar-refractivity contribution in [1.29, 1.82) is 0 Å². The van der Waals surface area contributed by atoms with Gasteiger partial charge >= 0.3 is 0 Å². The minimum atomic E-state index is 0.785. The number of anilines is 2. The highest BCUT2D eigenvalue weighted by Crippen LogP contribution is 2.19. The van der Waals surface area contributed by atoms with Crippen LogP contribution in [-0.2, 0) is 0 Å². The van der Waals surface area contributed by atoms with E-state index in [1.807, 2.05) is 48.5 Å². The lowest BCUT2D eigenvalue weighted by Gasteiger charge is -2.03. The van der Waals surface area contributed by atoms with Crippen LogP contribution in [0.4, 0.5) is 11.4 Å². The molecule has 0 unspecified atom stereocenters. The number of nitrogens with two attached hydrogens (primary N) is 2. The zero-order chi connectivity index (χ0) is 12.3. The molecule has 2 aromatic carbocycles. The molecule has 0 atom stereocenters. The third kappa shape index (κ3) is 2.88. The van der Waals surface area contributed by atoms with Crippen molar-refractivity contribution >= 4 is 23.0 Å². The Labute approximate surface area is 102 Å². The fourth-order valence-electron chi connectivity index (χ4n) is 1.67. The van der Waals surface area contributed by atoms with Crippen LogP contribution in [0.1, 0.15) is 18.1 Å². The molecule has 2 nitrogen and oxygen atoms in total. The van der Waals surface area contributed by atoms with Crippen molar-refractivity contribution in [2.75, 3.05) is 11.5 Å². The molecule has 17 heavy (non-hydrogen) atoms. The standard InChI is InChI=1S/C15H16N2/c1-11(13-4-8-15(17)9-5-13)10-12-2-6-14(16)7-3-12/h2-10H,16-17H2,1H3/b11-10+. The summed E-state index contributed by atoms with van der Waals surface area (Å²) < 4.78 is 0. The maximum atomic E-state index is 5.66. The van der Waals surface area contributed by atoms with Crippen LogP contribution < -0.4 is 11.5 Å². The van der Waals surface area contributed by atoms with Gasteiger partial charge < -0.3 is 11.5 Å². The van der Waals surface area contributed by atoms with E-state index in [0.717, 1.165) is 16.9 Å². The van der Waals surface area contributed by atoms with Gasteiger partial charge in [0.15, 0.2) is 0 Å². The van der Waals surface area contributed by atoms with Gasteiger partial charge in [0.25, 0.3) is 0 Å². The van der Waals surface area contributed by atoms with Crippen LogP contribution in [0.3, 0.4) is 0 Å². The summed E-state index contributed by atoms with van der Waals surface area (Å²) in [5.74, 6) is 0. The third-order valence-electron chi connectivity index (χ3n) is 2.69. The highest BCUT2D eigenvalue weighted by molar-refractivity contribution is 5.80. The van der Waals surface area contributed by atoms with E-state index in [1.54, 1.807) is 0 Å². The number of hydrogen-bond donors (Lipinski definition) is 2. The maximum absolute atomic E-state index is 5.66. The molecule has 0 aromatic heterocycles. The summed E-state index contributed by atoms with van der Waals surface area (Å²) in [4.78, 5) is 0. The predicted octanol–water partition coefficient (Wildman–Crippen LogP) is 3.41. The average molecular weight is 224 g/mol. The molecule has 2 aromatic rings. The number of hydrogen-bond acceptors (Lipinski definition) is 2. The Hall–Kier alpha value is -2.22. The Balaban J connectivity index is 2.27. The minimum absolute atomic E-state index is 0.785. The summed E-state index contributed by atoms with van der Waals surface area (Å²) >= 11 is 0. The Kier molecular flexibility index (Phi) is 3.15. The lowest BCUT2D eigenvalue weighted by molar-refractivity contribution is 1.57. The molecular formula is C15H16N2. The zero-order valence-corrected chi connectivity index (χ0v) is 9.85. The van der Waals surface area contributed by atoms with E-state index in [2.05, 4.69) is 13.0 Å². The Morgan fingerprint density at radius 3 is 1.82 bits per heavy atom. The van der Waals surface area contributed by atoms with E-state index >= 15 is 0 Å². The Bertz CT molecular complexity index is 522. The van der Waals surface area contributed by atoms with Gasteiger partial charge in [0, 0.05) is 11.4 Å². The lowest BCUT2D eigenvalue weighted by Crippen LogP contribution is -1.86. The first kappa shape index (κ1) is 11.3. The van der Waals surface area contributed by atoms with Gasteiger partial charge in [-0.1, -0.05) is 30.3 Å². The molecule has 0 spiro atoms. The molecule has 0 aliphatic heterocycles. The molecule has 86 valence electrons. The molecule has 2 heteroatoms. The van der Waals surface area contributed by atoms with Crippen molar-refractivity contribution in [3.05, 3.63) is 59.7 Å². The molecule has 0 amide bonds. The SMILES string of the molecule is C/C(=C\c1ccc(N)cc1)c1ccc(N)cc1. The van der Waals surface area contributed by atoms with Gasteiger partial charge in [0.05, 0.1) is 0 Å². The van der Waals surface area contributed by atoms with Crippen molar-refractivity contribution in [3.63, 3.8) is 0 Å². The zero-order valence-electron chi connectivity index (χ0n) is 9.85. The topological polar surface area (TPSA) is 52.0 Å². The summed E-state index contributed by atoms with van der Waals surface area (Å²) in [5.41, 5.74) is 16.4. The molecule has 0 saturated carbocycles. The van der Waals surface area contributed by atoms with Crippen LogP contribution in [0.2, 0.25) is 0 Å². The Morgan fingerprint density at radius 1 is 0.824 bits per heavy atom. The first-order valence-corrected chi connectivity index (χ1v) is 5.55. The molecule has 4 N–H and O–H groups in total. The maximum Gasteiger partial charge on any atom is 0.0314 e. The second kappa shape index (κ2) is 4.74. The molecule has 0 fully saturated rings. The van der Waals surface area contributed by atoms with Crippen molar-refractivity contribution in [2.24, 2.45) is 0 Å². The number of nitrogen functional groups attached to an aromatic ring is 2. The van der Waals surface area contributed by atoms with Gasteiger partial charge in [-0.05, 0) is 47.9 Å². The molecule has 0 saturated heterocycles. The molecular weight excluding hydrogens is 208 g/mol. The Morgan fingerprint density at radius 2 is 1.29 bits per heavy atom. The summed E-state index contributed by atoms with van der Waals surface area (Å²) in [5, 5.41) is 0. The normalized spacial score (nSPS) is 11.5. The second-order valence-electron chi connectivity index (χ2n) is 4.12. The summed E-state index contributed by atoms with van der Waals surface area (Å²) in [6.07, 6.45) is 2.13. The van der Waals surface area contributed by atoms with E-state index in [9.17, 15) is 0 Å². The summed E-state index contributed by atoms with van der Waals surface area (Å²) in [6.45, 7) is 2.09. The number of rotatable bonds is 2. The van der Waals surface area contributed by atoms with Crippen LogP contribution in [0, 0.1) is 0 Å². The monoisotopic (exact) mass is 224 g/mol. The fourth-order valence-corrected chi connectivity index (χ4v) is 1.67. The smallest absolute Gasteiger partial charge is 0.0314 e. The first-order chi connectivity index (χ1) is 8.15. The molecule has 0 radical (unpaired) electrons. The quantitative estimate of drug-likeness (QED) is 0.606. The second-order valence-corrected chi connectivity index (χ2v) is 4.12. The average Bonchev–Trinajstić information content (AvgIpc) is 2.33. The molecule has 0 aliphatic rings. The van der Waals surface area contributed by atoms with Gasteiger partial charge in [0.2, 0.25) is 0 Å². The van der Waals surface area contributed by atoms with E-state index in [-0.39, 0.29) is 0 Å². The number of benzene rings is 2. The fraction of sp³-hybridized carbons (Fsp3) is 0.0667. The van der Waals surface area contributed by atoms with E-state index < -0.39 is 0 Å². The van der Waals surface area contributed by atoms with E-state index in [4.69, 9.17) is 11.5 Å². The van der Waals surface area contributed by atoms with Crippen molar-refractivity contribution in [2.45, 2.75) is 6.92 Å². The molecule has 0 aliphatic carbocycles. The van der Waals surface area contributed by atoms with Crippen LogP contribution in [0.25, 0.3) is 11.6 Å². The van der Waals surface area contributed by atoms with Crippen LogP contribution in [0.15, 0.2) is 48.5 Å². The van der Waals surface area contributed by atoms with Crippen LogP contribution >= 0.6 is 0 Å². The molecule has 0 heterocycles. The number of allylic oxidation sites excluding steroid dienone is 1. The molecule has 2 rings (SSSR count). The first-order valence-electron chi connectivity index (χ1n) is 5.55. The van der Waals surface area contributed by atoms with Crippen molar-refractivity contribution < 1.29 is 0 Å². The van der Waals surface area contributed by atoms with Crippen LogP contribution in [-0.4, -0.2) is 0 Å².